The molecule has 0 fully saturated rings. The van der Waals surface area contributed by atoms with Gasteiger partial charge >= 0.3 is 5.97 Å². The summed E-state index contributed by atoms with van der Waals surface area (Å²) in [6.45, 7) is 2.35. The fourth-order valence-corrected chi connectivity index (χ4v) is 2.41. The van der Waals surface area contributed by atoms with Gasteiger partial charge in [0.1, 0.15) is 5.75 Å². The van der Waals surface area contributed by atoms with Crippen LogP contribution >= 0.6 is 15.9 Å². The van der Waals surface area contributed by atoms with Gasteiger partial charge in [-0.2, -0.15) is 0 Å². The van der Waals surface area contributed by atoms with E-state index < -0.39 is 12.0 Å². The lowest BCUT2D eigenvalue weighted by Gasteiger charge is -2.20. The zero-order valence-electron chi connectivity index (χ0n) is 11.5. The van der Waals surface area contributed by atoms with E-state index in [1.165, 1.54) is 0 Å². The van der Waals surface area contributed by atoms with Crippen LogP contribution in [0.2, 0.25) is 0 Å². The Labute approximate surface area is 131 Å². The van der Waals surface area contributed by atoms with Crippen molar-refractivity contribution in [2.45, 2.75) is 13.0 Å². The van der Waals surface area contributed by atoms with Gasteiger partial charge < -0.3 is 15.2 Å². The fourth-order valence-electron chi connectivity index (χ4n) is 2.01. The van der Waals surface area contributed by atoms with E-state index in [4.69, 9.17) is 4.74 Å². The Hall–Kier alpha value is -2.01. The molecule has 0 saturated carbocycles. The molecule has 0 radical (unpaired) electrons. The van der Waals surface area contributed by atoms with E-state index in [2.05, 4.69) is 21.2 Å². The number of benzene rings is 2. The van der Waals surface area contributed by atoms with Crippen molar-refractivity contribution in [2.75, 3.05) is 11.9 Å². The molecule has 1 unspecified atom stereocenters. The van der Waals surface area contributed by atoms with Crippen LogP contribution in [-0.2, 0) is 4.79 Å². The molecule has 5 heteroatoms. The van der Waals surface area contributed by atoms with Gasteiger partial charge in [-0.1, -0.05) is 30.3 Å². The Morgan fingerprint density at radius 3 is 2.57 bits per heavy atom. The van der Waals surface area contributed by atoms with E-state index in [-0.39, 0.29) is 0 Å². The maximum Gasteiger partial charge on any atom is 0.330 e. The van der Waals surface area contributed by atoms with Crippen molar-refractivity contribution >= 4 is 27.6 Å². The van der Waals surface area contributed by atoms with Crippen molar-refractivity contribution in [3.8, 4) is 5.75 Å². The molecule has 0 bridgehead atoms. The topological polar surface area (TPSA) is 58.6 Å². The van der Waals surface area contributed by atoms with Crippen molar-refractivity contribution in [2.24, 2.45) is 0 Å². The first-order valence-corrected chi connectivity index (χ1v) is 7.38. The van der Waals surface area contributed by atoms with Crippen LogP contribution in [0.1, 0.15) is 18.5 Å². The summed E-state index contributed by atoms with van der Waals surface area (Å²) in [5.74, 6) is -0.384. The molecule has 2 aromatic carbocycles. The van der Waals surface area contributed by atoms with Crippen molar-refractivity contribution in [3.05, 3.63) is 58.6 Å². The van der Waals surface area contributed by atoms with Gasteiger partial charge in [-0.05, 0) is 41.1 Å². The summed E-state index contributed by atoms with van der Waals surface area (Å²) < 4.78 is 6.33. The SMILES string of the molecule is CCOc1ccccc1C(Nc1ccccc1Br)C(=O)O. The number of carbonyl (C=O) groups is 1. The predicted molar refractivity (Wildman–Crippen MR) is 85.8 cm³/mol. The lowest BCUT2D eigenvalue weighted by Crippen LogP contribution is -2.21. The van der Waals surface area contributed by atoms with E-state index in [0.717, 1.165) is 10.2 Å². The largest absolute Gasteiger partial charge is 0.493 e. The lowest BCUT2D eigenvalue weighted by molar-refractivity contribution is -0.138. The van der Waals surface area contributed by atoms with Crippen molar-refractivity contribution in [1.29, 1.82) is 0 Å². The van der Waals surface area contributed by atoms with E-state index in [1.807, 2.05) is 37.3 Å². The first kappa shape index (κ1) is 15.4. The number of aliphatic carboxylic acids is 1. The Morgan fingerprint density at radius 2 is 1.90 bits per heavy atom. The number of rotatable bonds is 6. The van der Waals surface area contributed by atoms with Crippen LogP contribution in [-0.4, -0.2) is 17.7 Å². The number of para-hydroxylation sites is 2. The molecule has 110 valence electrons. The molecular weight excluding hydrogens is 334 g/mol. The lowest BCUT2D eigenvalue weighted by atomic mass is 10.1. The third kappa shape index (κ3) is 3.76. The molecule has 0 aliphatic carbocycles. The summed E-state index contributed by atoms with van der Waals surface area (Å²) >= 11 is 3.41. The molecule has 2 N–H and O–H groups in total. The van der Waals surface area contributed by atoms with E-state index in [9.17, 15) is 9.90 Å². The minimum atomic E-state index is -0.960. The molecule has 21 heavy (non-hydrogen) atoms. The van der Waals surface area contributed by atoms with Gasteiger partial charge in [0.25, 0.3) is 0 Å². The highest BCUT2D eigenvalue weighted by molar-refractivity contribution is 9.10. The van der Waals surface area contributed by atoms with Crippen LogP contribution in [0.15, 0.2) is 53.0 Å². The van der Waals surface area contributed by atoms with Gasteiger partial charge in [0.15, 0.2) is 6.04 Å². The maximum absolute atomic E-state index is 11.6. The van der Waals surface area contributed by atoms with Gasteiger partial charge in [-0.3, -0.25) is 0 Å². The Bertz CT molecular complexity index is 630. The number of hydrogen-bond donors (Lipinski definition) is 2. The van der Waals surface area contributed by atoms with Crippen LogP contribution in [0.25, 0.3) is 0 Å². The average molecular weight is 350 g/mol. The fraction of sp³-hybridized carbons (Fsp3) is 0.188. The van der Waals surface area contributed by atoms with Crippen LogP contribution < -0.4 is 10.1 Å². The van der Waals surface area contributed by atoms with Gasteiger partial charge in [-0.25, -0.2) is 4.79 Å². The molecule has 4 nitrogen and oxygen atoms in total. The highest BCUT2D eigenvalue weighted by Gasteiger charge is 2.23. The smallest absolute Gasteiger partial charge is 0.330 e. The van der Waals surface area contributed by atoms with Crippen LogP contribution in [0, 0.1) is 0 Å². The molecule has 2 aromatic rings. The minimum Gasteiger partial charge on any atom is -0.493 e. The molecule has 1 atom stereocenters. The third-order valence-electron chi connectivity index (χ3n) is 2.95. The standard InChI is InChI=1S/C16H16BrNO3/c1-2-21-14-10-6-3-7-11(14)15(16(19)20)18-13-9-5-4-8-12(13)17/h3-10,15,18H,2H2,1H3,(H,19,20). The Kier molecular flexibility index (Phi) is 5.22. The molecule has 0 heterocycles. The quantitative estimate of drug-likeness (QED) is 0.824. The second kappa shape index (κ2) is 7.13. The van der Waals surface area contributed by atoms with Crippen molar-refractivity contribution in [3.63, 3.8) is 0 Å². The van der Waals surface area contributed by atoms with Crippen LogP contribution in [0.5, 0.6) is 5.75 Å². The Morgan fingerprint density at radius 1 is 1.24 bits per heavy atom. The first-order chi connectivity index (χ1) is 10.1. The summed E-state index contributed by atoms with van der Waals surface area (Å²) in [6.07, 6.45) is 0. The molecular formula is C16H16BrNO3. The number of halogens is 1. The van der Waals surface area contributed by atoms with Crippen LogP contribution in [0.4, 0.5) is 5.69 Å². The Balaban J connectivity index is 2.36. The number of ether oxygens (including phenoxy) is 1. The highest BCUT2D eigenvalue weighted by atomic mass is 79.9. The average Bonchev–Trinajstić information content (AvgIpc) is 2.47. The second-order valence-corrected chi connectivity index (χ2v) is 5.22. The van der Waals surface area contributed by atoms with E-state index in [0.29, 0.717) is 17.9 Å². The van der Waals surface area contributed by atoms with Gasteiger partial charge in [0.2, 0.25) is 0 Å². The van der Waals surface area contributed by atoms with Crippen molar-refractivity contribution in [1.82, 2.24) is 0 Å². The summed E-state index contributed by atoms with van der Waals surface area (Å²) in [4.78, 5) is 11.6. The summed E-state index contributed by atoms with van der Waals surface area (Å²) in [7, 11) is 0. The minimum absolute atomic E-state index is 0.485. The van der Waals surface area contributed by atoms with Crippen LogP contribution in [0.3, 0.4) is 0 Å². The zero-order valence-corrected chi connectivity index (χ0v) is 13.1. The first-order valence-electron chi connectivity index (χ1n) is 6.59. The number of nitrogens with one attached hydrogen (secondary N) is 1. The molecule has 2 rings (SSSR count). The molecule has 0 aliphatic rings. The van der Waals surface area contributed by atoms with Gasteiger partial charge in [0.05, 0.1) is 6.61 Å². The predicted octanol–water partition coefficient (Wildman–Crippen LogP) is 4.09. The number of carboxylic acid groups (broad SMARTS) is 1. The van der Waals surface area contributed by atoms with E-state index in [1.54, 1.807) is 18.2 Å². The molecule has 0 aromatic heterocycles. The number of carboxylic acids is 1. The summed E-state index contributed by atoms with van der Waals surface area (Å²) in [5.41, 5.74) is 1.32. The molecule has 0 saturated heterocycles. The summed E-state index contributed by atoms with van der Waals surface area (Å²) in [6, 6.07) is 13.7. The number of anilines is 1. The highest BCUT2D eigenvalue weighted by Crippen LogP contribution is 2.31. The maximum atomic E-state index is 11.6. The van der Waals surface area contributed by atoms with Gasteiger partial charge in [-0.15, -0.1) is 0 Å². The second-order valence-electron chi connectivity index (χ2n) is 4.37. The summed E-state index contributed by atoms with van der Waals surface area (Å²) in [5, 5.41) is 12.6. The number of hydrogen-bond acceptors (Lipinski definition) is 3. The normalized spacial score (nSPS) is 11.7. The molecule has 0 aliphatic heterocycles. The third-order valence-corrected chi connectivity index (χ3v) is 3.64. The molecule has 0 spiro atoms. The van der Waals surface area contributed by atoms with E-state index >= 15 is 0 Å². The monoisotopic (exact) mass is 349 g/mol. The zero-order chi connectivity index (χ0) is 15.2. The molecule has 0 amide bonds. The van der Waals surface area contributed by atoms with Gasteiger partial charge in [0, 0.05) is 15.7 Å². The van der Waals surface area contributed by atoms with Crippen molar-refractivity contribution < 1.29 is 14.6 Å².